The number of hydrogen-bond donors (Lipinski definition) is 4. The lowest BCUT2D eigenvalue weighted by Gasteiger charge is -1.95. The van der Waals surface area contributed by atoms with Gasteiger partial charge in [0.1, 0.15) is 0 Å². The fourth-order valence-electron chi connectivity index (χ4n) is 0.625. The third-order valence-electron chi connectivity index (χ3n) is 1.13. The van der Waals surface area contributed by atoms with Crippen LogP contribution in [0.2, 0.25) is 0 Å². The summed E-state index contributed by atoms with van der Waals surface area (Å²) in [5, 5.41) is 11.0. The molecule has 0 spiro atoms. The number of nitrogens with zero attached hydrogens (tertiary/aromatic N) is 1. The van der Waals surface area contributed by atoms with Crippen LogP contribution in [0.4, 0.5) is 4.79 Å². The minimum Gasteiger partial charge on any atom is -0.464 e. The molecule has 0 saturated carbocycles. The van der Waals surface area contributed by atoms with E-state index in [1.54, 1.807) is 0 Å². The maximum Gasteiger partial charge on any atom is 0.427 e. The summed E-state index contributed by atoms with van der Waals surface area (Å²) in [6, 6.07) is 0. The van der Waals surface area contributed by atoms with Crippen molar-refractivity contribution in [1.29, 1.82) is 0 Å². The number of carboxylic acid groups (broad SMARTS) is 1. The van der Waals surface area contributed by atoms with E-state index in [1.807, 2.05) is 0 Å². The molecule has 1 rings (SSSR count). The number of nitrogens with one attached hydrogen (secondary N) is 1. The van der Waals surface area contributed by atoms with Crippen LogP contribution in [0, 0.1) is 0 Å². The van der Waals surface area contributed by atoms with E-state index in [4.69, 9.17) is 5.11 Å². The van der Waals surface area contributed by atoms with E-state index in [0.29, 0.717) is 3.71 Å². The van der Waals surface area contributed by atoms with Crippen LogP contribution >= 0.6 is 25.6 Å². The summed E-state index contributed by atoms with van der Waals surface area (Å²) < 4.78 is 0.472. The highest BCUT2D eigenvalue weighted by Gasteiger charge is 1.95. The van der Waals surface area contributed by atoms with Crippen molar-refractivity contribution in [3.63, 3.8) is 0 Å². The molecule has 0 atom stereocenters. The fraction of sp³-hybridized carbons (Fsp3) is 0.800. The predicted molar refractivity (Wildman–Crippen MR) is 49.9 cm³/mol. The highest BCUT2D eigenvalue weighted by Crippen LogP contribution is 1.94. The van der Waals surface area contributed by atoms with Crippen LogP contribution in [0.3, 0.4) is 0 Å². The molecule has 0 aromatic rings. The molecule has 1 saturated heterocycles. The maximum absolute atomic E-state index is 9.47. The van der Waals surface area contributed by atoms with Crippen molar-refractivity contribution < 1.29 is 9.90 Å². The van der Waals surface area contributed by atoms with Crippen molar-refractivity contribution in [2.45, 2.75) is 12.8 Å². The topological polar surface area (TPSA) is 52.6 Å². The van der Waals surface area contributed by atoms with E-state index in [1.165, 1.54) is 25.9 Å². The van der Waals surface area contributed by atoms with Crippen LogP contribution in [0.1, 0.15) is 12.8 Å². The van der Waals surface area contributed by atoms with Gasteiger partial charge in [0, 0.05) is 0 Å². The first kappa shape index (κ1) is 10.9. The maximum atomic E-state index is 9.47. The van der Waals surface area contributed by atoms with Gasteiger partial charge in [0.05, 0.1) is 0 Å². The molecule has 1 aliphatic rings. The van der Waals surface area contributed by atoms with Gasteiger partial charge in [-0.05, 0) is 51.6 Å². The van der Waals surface area contributed by atoms with E-state index < -0.39 is 6.09 Å². The lowest BCUT2D eigenvalue weighted by Crippen LogP contribution is -2.05. The minimum atomic E-state index is -1.18. The molecule has 1 fully saturated rings. The summed E-state index contributed by atoms with van der Waals surface area (Å²) in [6.07, 6.45) is 1.60. The second kappa shape index (κ2) is 6.63. The lowest BCUT2D eigenvalue weighted by molar-refractivity contribution is 0.191. The van der Waals surface area contributed by atoms with Gasteiger partial charge < -0.3 is 10.4 Å². The number of carbonyl (C=O) groups is 1. The van der Waals surface area contributed by atoms with Gasteiger partial charge in [-0.2, -0.15) is 3.71 Å². The molecular weight excluding hydrogens is 184 g/mol. The van der Waals surface area contributed by atoms with Crippen LogP contribution in [0.25, 0.3) is 0 Å². The average Bonchev–Trinajstić information content (AvgIpc) is 2.41. The van der Waals surface area contributed by atoms with Gasteiger partial charge in [0.2, 0.25) is 0 Å². The van der Waals surface area contributed by atoms with Crippen molar-refractivity contribution >= 4 is 31.7 Å². The second-order valence-corrected chi connectivity index (χ2v) is 3.14. The Morgan fingerprint density at radius 2 is 1.73 bits per heavy atom. The van der Waals surface area contributed by atoms with Crippen molar-refractivity contribution in [2.24, 2.45) is 0 Å². The molecule has 1 aliphatic heterocycles. The zero-order valence-corrected chi connectivity index (χ0v) is 7.81. The Hall–Kier alpha value is -0.0700. The zero-order chi connectivity index (χ0) is 8.69. The van der Waals surface area contributed by atoms with Crippen molar-refractivity contribution in [1.82, 2.24) is 9.03 Å². The molecule has 4 nitrogen and oxygen atoms in total. The molecular formula is C5H12N2O2S2. The van der Waals surface area contributed by atoms with Crippen LogP contribution in [0.5, 0.6) is 0 Å². The first-order valence-corrected chi connectivity index (χ1v) is 4.06. The first-order chi connectivity index (χ1) is 5.14. The van der Waals surface area contributed by atoms with Crippen LogP contribution in [-0.2, 0) is 0 Å². The van der Waals surface area contributed by atoms with Crippen molar-refractivity contribution in [3.8, 4) is 0 Å². The summed E-state index contributed by atoms with van der Waals surface area (Å²) >= 11 is 6.58. The molecule has 1 heterocycles. The van der Waals surface area contributed by atoms with Crippen LogP contribution in [-0.4, -0.2) is 28.0 Å². The summed E-state index contributed by atoms with van der Waals surface area (Å²) in [5.74, 6) is 0. The highest BCUT2D eigenvalue weighted by molar-refractivity contribution is 7.94. The van der Waals surface area contributed by atoms with Gasteiger partial charge in [-0.15, -0.1) is 0 Å². The standard InChI is InChI=1S/C4H9N.CH3NO2S2/c1-2-4-5-3-1;3-1(4)2(5)6/h5H,1-4H2;5-6H,(H,3,4). The molecule has 11 heavy (non-hydrogen) atoms. The van der Waals surface area contributed by atoms with E-state index in [0.717, 1.165) is 0 Å². The molecule has 0 aliphatic carbocycles. The molecule has 0 aromatic heterocycles. The normalized spacial score (nSPS) is 15.1. The van der Waals surface area contributed by atoms with Gasteiger partial charge in [-0.25, -0.2) is 4.79 Å². The third kappa shape index (κ3) is 7.83. The Bertz CT molecular complexity index is 109. The largest absolute Gasteiger partial charge is 0.464 e. The number of thiol groups is 2. The molecule has 0 aromatic carbocycles. The van der Waals surface area contributed by atoms with Gasteiger partial charge in [-0.3, -0.25) is 0 Å². The van der Waals surface area contributed by atoms with E-state index in [9.17, 15) is 4.79 Å². The average molecular weight is 196 g/mol. The predicted octanol–water partition coefficient (Wildman–Crippen LogP) is 1.03. The quantitative estimate of drug-likeness (QED) is 0.438. The van der Waals surface area contributed by atoms with Crippen molar-refractivity contribution in [2.75, 3.05) is 13.1 Å². The summed E-state index contributed by atoms with van der Waals surface area (Å²) in [4.78, 5) is 9.47. The zero-order valence-electron chi connectivity index (χ0n) is 6.03. The van der Waals surface area contributed by atoms with Gasteiger partial charge >= 0.3 is 6.09 Å². The van der Waals surface area contributed by atoms with E-state index in [2.05, 4.69) is 30.9 Å². The monoisotopic (exact) mass is 196 g/mol. The molecule has 0 bridgehead atoms. The highest BCUT2D eigenvalue weighted by atomic mass is 32.2. The van der Waals surface area contributed by atoms with Crippen LogP contribution in [0.15, 0.2) is 0 Å². The fourth-order valence-corrected chi connectivity index (χ4v) is 0.625. The summed E-state index contributed by atoms with van der Waals surface area (Å²) in [6.45, 7) is 2.50. The number of hydrogen-bond acceptors (Lipinski definition) is 4. The Balaban J connectivity index is 0.000000183. The molecule has 2 N–H and O–H groups in total. The van der Waals surface area contributed by atoms with Gasteiger partial charge in [0.25, 0.3) is 0 Å². The smallest absolute Gasteiger partial charge is 0.427 e. The molecule has 66 valence electrons. The van der Waals surface area contributed by atoms with Crippen LogP contribution < -0.4 is 5.32 Å². The van der Waals surface area contributed by atoms with Gasteiger partial charge in [-0.1, -0.05) is 0 Å². The Kier molecular flexibility index (Phi) is 6.59. The number of amides is 1. The Morgan fingerprint density at radius 3 is 1.82 bits per heavy atom. The third-order valence-corrected chi connectivity index (χ3v) is 1.47. The molecule has 1 amide bonds. The lowest BCUT2D eigenvalue weighted by atomic mass is 10.4. The Morgan fingerprint density at radius 1 is 1.36 bits per heavy atom. The minimum absolute atomic E-state index is 0.472. The van der Waals surface area contributed by atoms with Gasteiger partial charge in [0.15, 0.2) is 0 Å². The second-order valence-electron chi connectivity index (χ2n) is 2.03. The van der Waals surface area contributed by atoms with E-state index >= 15 is 0 Å². The molecule has 0 radical (unpaired) electrons. The van der Waals surface area contributed by atoms with Crippen molar-refractivity contribution in [3.05, 3.63) is 0 Å². The summed E-state index contributed by atoms with van der Waals surface area (Å²) in [7, 11) is 0. The molecule has 0 unspecified atom stereocenters. The first-order valence-electron chi connectivity index (χ1n) is 3.26. The summed E-state index contributed by atoms with van der Waals surface area (Å²) in [5.41, 5.74) is 0. The Labute approximate surface area is 77.0 Å². The SMILES string of the molecule is C1CCNC1.O=C(O)N(S)S. The van der Waals surface area contributed by atoms with E-state index in [-0.39, 0.29) is 0 Å². The molecule has 6 heteroatoms. The number of rotatable bonds is 0.